The van der Waals surface area contributed by atoms with Crippen molar-refractivity contribution in [3.8, 4) is 0 Å². The molecule has 0 bridgehead atoms. The van der Waals surface area contributed by atoms with E-state index in [4.69, 9.17) is 4.74 Å². The van der Waals surface area contributed by atoms with Crippen molar-refractivity contribution in [3.63, 3.8) is 0 Å². The molecule has 0 saturated heterocycles. The number of carbonyl (C=O) groups excluding carboxylic acids is 1. The van der Waals surface area contributed by atoms with Crippen LogP contribution in [0.25, 0.3) is 0 Å². The van der Waals surface area contributed by atoms with Crippen LogP contribution in [-0.4, -0.2) is 11.9 Å². The number of rotatable bonds is 1. The molecule has 0 N–H and O–H groups in total. The minimum Gasteiger partial charge on any atom is -0.405 e. The van der Waals surface area contributed by atoms with Crippen molar-refractivity contribution in [2.45, 2.75) is 20.8 Å². The average molecular weight is 216 g/mol. The molecular weight excluding hydrogens is 202 g/mol. The SMILES string of the molecule is CC(C)(C)[C]1N=C(c2ccccc2)OC1=O. The first kappa shape index (κ1) is 10.9. The lowest BCUT2D eigenvalue weighted by Crippen LogP contribution is -2.22. The molecule has 0 amide bonds. The largest absolute Gasteiger partial charge is 0.405 e. The van der Waals surface area contributed by atoms with E-state index >= 15 is 0 Å². The quantitative estimate of drug-likeness (QED) is 0.677. The van der Waals surface area contributed by atoms with Crippen LogP contribution in [-0.2, 0) is 9.53 Å². The topological polar surface area (TPSA) is 38.7 Å². The van der Waals surface area contributed by atoms with E-state index in [-0.39, 0.29) is 11.4 Å². The molecule has 1 aromatic carbocycles. The molecule has 1 aliphatic heterocycles. The van der Waals surface area contributed by atoms with E-state index in [0.717, 1.165) is 5.56 Å². The predicted octanol–water partition coefficient (Wildman–Crippen LogP) is 2.57. The molecule has 0 aromatic heterocycles. The number of nitrogens with zero attached hydrogens (tertiary/aromatic N) is 1. The Hall–Kier alpha value is -1.64. The molecule has 1 aromatic rings. The molecule has 3 nitrogen and oxygen atoms in total. The first-order valence-corrected chi connectivity index (χ1v) is 5.22. The zero-order valence-corrected chi connectivity index (χ0v) is 9.65. The molecule has 1 radical (unpaired) electrons. The molecule has 16 heavy (non-hydrogen) atoms. The zero-order chi connectivity index (χ0) is 11.8. The lowest BCUT2D eigenvalue weighted by Gasteiger charge is -2.18. The minimum absolute atomic E-state index is 0.284. The van der Waals surface area contributed by atoms with Crippen LogP contribution >= 0.6 is 0 Å². The van der Waals surface area contributed by atoms with Crippen LogP contribution in [0.5, 0.6) is 0 Å². The second-order valence-corrected chi connectivity index (χ2v) is 4.77. The molecule has 0 fully saturated rings. The summed E-state index contributed by atoms with van der Waals surface area (Å²) < 4.78 is 5.16. The molecule has 1 aliphatic rings. The van der Waals surface area contributed by atoms with Gasteiger partial charge in [-0.25, -0.2) is 9.79 Å². The Morgan fingerprint density at radius 2 is 1.75 bits per heavy atom. The Labute approximate surface area is 95.2 Å². The first-order valence-electron chi connectivity index (χ1n) is 5.22. The summed E-state index contributed by atoms with van der Waals surface area (Å²) in [7, 11) is 0. The van der Waals surface area contributed by atoms with Gasteiger partial charge in [-0.1, -0.05) is 39.0 Å². The van der Waals surface area contributed by atoms with Gasteiger partial charge in [0.15, 0.2) is 0 Å². The maximum absolute atomic E-state index is 11.6. The summed E-state index contributed by atoms with van der Waals surface area (Å²) in [5.74, 6) is 0.0573. The Morgan fingerprint density at radius 1 is 1.12 bits per heavy atom. The van der Waals surface area contributed by atoms with Gasteiger partial charge in [0.25, 0.3) is 0 Å². The van der Waals surface area contributed by atoms with Gasteiger partial charge in [-0.05, 0) is 12.1 Å². The standard InChI is InChI=1S/C13H14NO2/c1-13(2,3)10-12(15)16-11(14-10)9-7-5-4-6-8-9/h4-8H,1-3H3. The number of ether oxygens (including phenoxy) is 1. The second kappa shape index (κ2) is 3.74. The maximum atomic E-state index is 11.6. The molecule has 0 atom stereocenters. The molecule has 0 spiro atoms. The van der Waals surface area contributed by atoms with E-state index in [1.54, 1.807) is 0 Å². The number of benzene rings is 1. The number of hydrogen-bond acceptors (Lipinski definition) is 3. The Balaban J connectivity index is 2.31. The third-order valence-corrected chi connectivity index (χ3v) is 2.33. The van der Waals surface area contributed by atoms with E-state index in [1.807, 2.05) is 51.1 Å². The summed E-state index contributed by atoms with van der Waals surface area (Å²) in [4.78, 5) is 15.9. The number of hydrogen-bond donors (Lipinski definition) is 0. The normalized spacial score (nSPS) is 17.2. The fraction of sp³-hybridized carbons (Fsp3) is 0.308. The van der Waals surface area contributed by atoms with Crippen LogP contribution < -0.4 is 0 Å². The number of carbonyl (C=O) groups is 1. The molecule has 0 saturated carbocycles. The minimum atomic E-state index is -0.341. The van der Waals surface area contributed by atoms with Crippen molar-refractivity contribution in [2.24, 2.45) is 10.4 Å². The third-order valence-electron chi connectivity index (χ3n) is 2.33. The van der Waals surface area contributed by atoms with Crippen molar-refractivity contribution in [1.29, 1.82) is 0 Å². The van der Waals surface area contributed by atoms with E-state index in [2.05, 4.69) is 4.99 Å². The van der Waals surface area contributed by atoms with Crippen LogP contribution in [0.4, 0.5) is 0 Å². The molecule has 0 aliphatic carbocycles. The van der Waals surface area contributed by atoms with Crippen molar-refractivity contribution in [2.75, 3.05) is 0 Å². The average Bonchev–Trinajstić information content (AvgIpc) is 2.61. The van der Waals surface area contributed by atoms with Crippen LogP contribution in [0, 0.1) is 11.5 Å². The molecule has 3 heteroatoms. The smallest absolute Gasteiger partial charge is 0.344 e. The van der Waals surface area contributed by atoms with Gasteiger partial charge in [-0.2, -0.15) is 0 Å². The van der Waals surface area contributed by atoms with Gasteiger partial charge in [0.1, 0.15) is 0 Å². The first-order chi connectivity index (χ1) is 7.48. The van der Waals surface area contributed by atoms with Gasteiger partial charge in [0.2, 0.25) is 11.9 Å². The summed E-state index contributed by atoms with van der Waals surface area (Å²) in [6, 6.07) is 9.91. The summed E-state index contributed by atoms with van der Waals surface area (Å²) in [6.45, 7) is 5.84. The summed E-state index contributed by atoms with van der Waals surface area (Å²) >= 11 is 0. The van der Waals surface area contributed by atoms with Gasteiger partial charge in [-0.3, -0.25) is 0 Å². The number of cyclic esters (lactones) is 1. The van der Waals surface area contributed by atoms with Crippen molar-refractivity contribution < 1.29 is 9.53 Å². The van der Waals surface area contributed by atoms with Gasteiger partial charge in [0.05, 0.1) is 0 Å². The third kappa shape index (κ3) is 1.98. The van der Waals surface area contributed by atoms with Crippen LogP contribution in [0.3, 0.4) is 0 Å². The van der Waals surface area contributed by atoms with E-state index in [1.165, 1.54) is 0 Å². The van der Waals surface area contributed by atoms with Gasteiger partial charge < -0.3 is 4.74 Å². The highest BCUT2D eigenvalue weighted by Crippen LogP contribution is 2.34. The lowest BCUT2D eigenvalue weighted by molar-refractivity contribution is -0.133. The van der Waals surface area contributed by atoms with Gasteiger partial charge in [0, 0.05) is 11.0 Å². The van der Waals surface area contributed by atoms with Crippen LogP contribution in [0.15, 0.2) is 35.3 Å². The number of esters is 1. The Morgan fingerprint density at radius 3 is 2.25 bits per heavy atom. The summed E-state index contributed by atoms with van der Waals surface area (Å²) in [6.07, 6.45) is 0. The van der Waals surface area contributed by atoms with Crippen molar-refractivity contribution >= 4 is 11.9 Å². The van der Waals surface area contributed by atoms with E-state index < -0.39 is 0 Å². The fourth-order valence-corrected chi connectivity index (χ4v) is 1.48. The van der Waals surface area contributed by atoms with Crippen LogP contribution in [0.1, 0.15) is 26.3 Å². The Bertz CT molecular complexity index is 429. The Kier molecular flexibility index (Phi) is 2.54. The highest BCUT2D eigenvalue weighted by atomic mass is 16.6. The molecular formula is C13H14NO2. The lowest BCUT2D eigenvalue weighted by atomic mass is 9.87. The monoisotopic (exact) mass is 216 g/mol. The van der Waals surface area contributed by atoms with Gasteiger partial charge >= 0.3 is 5.97 Å². The highest BCUT2D eigenvalue weighted by Gasteiger charge is 2.40. The van der Waals surface area contributed by atoms with Crippen LogP contribution in [0.2, 0.25) is 0 Å². The van der Waals surface area contributed by atoms with E-state index in [0.29, 0.717) is 11.9 Å². The predicted molar refractivity (Wildman–Crippen MR) is 61.8 cm³/mol. The van der Waals surface area contributed by atoms with Gasteiger partial charge in [-0.15, -0.1) is 0 Å². The highest BCUT2D eigenvalue weighted by molar-refractivity contribution is 6.09. The molecule has 0 unspecified atom stereocenters. The van der Waals surface area contributed by atoms with Crippen molar-refractivity contribution in [1.82, 2.24) is 0 Å². The fourth-order valence-electron chi connectivity index (χ4n) is 1.48. The zero-order valence-electron chi connectivity index (χ0n) is 9.65. The second-order valence-electron chi connectivity index (χ2n) is 4.77. The summed E-state index contributed by atoms with van der Waals surface area (Å²) in [5.41, 5.74) is 0.545. The summed E-state index contributed by atoms with van der Waals surface area (Å²) in [5, 5.41) is 0. The van der Waals surface area contributed by atoms with E-state index in [9.17, 15) is 4.79 Å². The maximum Gasteiger partial charge on any atom is 0.344 e. The number of aliphatic imine (C=N–C) groups is 1. The molecule has 83 valence electrons. The molecule has 1 heterocycles. The molecule has 2 rings (SSSR count). The van der Waals surface area contributed by atoms with Crippen molar-refractivity contribution in [3.05, 3.63) is 41.9 Å².